The Morgan fingerprint density at radius 3 is 2.89 bits per heavy atom. The van der Waals surface area contributed by atoms with Gasteiger partial charge in [0.1, 0.15) is 0 Å². The molecule has 100 valence electrons. The third-order valence-electron chi connectivity index (χ3n) is 3.96. The van der Waals surface area contributed by atoms with Crippen LogP contribution in [0.15, 0.2) is 12.1 Å². The first-order valence-electron chi connectivity index (χ1n) is 6.57. The highest BCUT2D eigenvalue weighted by atomic mass is 32.1. The van der Waals surface area contributed by atoms with Crippen LogP contribution in [-0.4, -0.2) is 29.1 Å². The number of rotatable bonds is 4. The first-order chi connectivity index (χ1) is 8.55. The van der Waals surface area contributed by atoms with Gasteiger partial charge in [-0.15, -0.1) is 11.3 Å². The van der Waals surface area contributed by atoms with E-state index in [9.17, 15) is 9.90 Å². The van der Waals surface area contributed by atoms with Crippen molar-refractivity contribution in [2.75, 3.05) is 13.1 Å². The highest BCUT2D eigenvalue weighted by molar-refractivity contribution is 7.11. The van der Waals surface area contributed by atoms with Crippen molar-refractivity contribution < 1.29 is 9.90 Å². The van der Waals surface area contributed by atoms with Crippen LogP contribution >= 0.6 is 11.3 Å². The average Bonchev–Trinajstić information content (AvgIpc) is 2.74. The molecular formula is C14H21NO2S. The van der Waals surface area contributed by atoms with Crippen LogP contribution in [0.4, 0.5) is 0 Å². The zero-order chi connectivity index (χ0) is 13.2. The minimum absolute atomic E-state index is 0.523. The van der Waals surface area contributed by atoms with Crippen molar-refractivity contribution >= 4 is 17.3 Å². The summed E-state index contributed by atoms with van der Waals surface area (Å²) in [5.41, 5.74) is -0.523. The summed E-state index contributed by atoms with van der Waals surface area (Å²) in [6, 6.07) is 4.29. The fourth-order valence-corrected chi connectivity index (χ4v) is 3.70. The minimum atomic E-state index is -0.628. The van der Waals surface area contributed by atoms with Crippen molar-refractivity contribution in [2.45, 2.75) is 39.7 Å². The molecule has 1 fully saturated rings. The van der Waals surface area contributed by atoms with Gasteiger partial charge in [0.15, 0.2) is 0 Å². The van der Waals surface area contributed by atoms with Gasteiger partial charge in [0.05, 0.1) is 5.41 Å². The normalized spacial score (nSPS) is 25.2. The van der Waals surface area contributed by atoms with Crippen LogP contribution in [0.5, 0.6) is 0 Å². The maximum atomic E-state index is 11.5. The van der Waals surface area contributed by atoms with Crippen LogP contribution in [-0.2, 0) is 11.3 Å². The van der Waals surface area contributed by atoms with Gasteiger partial charge in [-0.1, -0.05) is 6.92 Å². The summed E-state index contributed by atoms with van der Waals surface area (Å²) in [6.45, 7) is 6.71. The Morgan fingerprint density at radius 1 is 1.56 bits per heavy atom. The number of carboxylic acid groups (broad SMARTS) is 1. The van der Waals surface area contributed by atoms with Gasteiger partial charge in [0.2, 0.25) is 0 Å². The maximum absolute atomic E-state index is 11.5. The molecule has 3 nitrogen and oxygen atoms in total. The molecule has 1 atom stereocenters. The number of hydrogen-bond donors (Lipinski definition) is 1. The third kappa shape index (κ3) is 2.75. The van der Waals surface area contributed by atoms with E-state index in [-0.39, 0.29) is 0 Å². The molecule has 1 aromatic heterocycles. The van der Waals surface area contributed by atoms with Gasteiger partial charge in [-0.25, -0.2) is 0 Å². The molecular weight excluding hydrogens is 246 g/mol. The van der Waals surface area contributed by atoms with E-state index < -0.39 is 11.4 Å². The van der Waals surface area contributed by atoms with Crippen molar-refractivity contribution in [1.82, 2.24) is 4.90 Å². The molecule has 2 rings (SSSR count). The minimum Gasteiger partial charge on any atom is -0.481 e. The number of likely N-dealkylation sites (tertiary alicyclic amines) is 1. The Balaban J connectivity index is 2.04. The summed E-state index contributed by atoms with van der Waals surface area (Å²) in [6.07, 6.45) is 2.53. The van der Waals surface area contributed by atoms with Crippen molar-refractivity contribution in [3.8, 4) is 0 Å². The summed E-state index contributed by atoms with van der Waals surface area (Å²) < 4.78 is 0. The lowest BCUT2D eigenvalue weighted by atomic mass is 9.77. The van der Waals surface area contributed by atoms with Gasteiger partial charge in [0, 0.05) is 22.8 Å². The number of carboxylic acids is 1. The van der Waals surface area contributed by atoms with Gasteiger partial charge >= 0.3 is 5.97 Å². The van der Waals surface area contributed by atoms with Crippen LogP contribution in [0.2, 0.25) is 0 Å². The van der Waals surface area contributed by atoms with E-state index in [4.69, 9.17) is 0 Å². The number of carbonyl (C=O) groups is 1. The zero-order valence-electron chi connectivity index (χ0n) is 11.1. The Morgan fingerprint density at radius 2 is 2.33 bits per heavy atom. The number of nitrogens with zero attached hydrogens (tertiary/aromatic N) is 1. The van der Waals surface area contributed by atoms with Gasteiger partial charge in [0.25, 0.3) is 0 Å². The number of aliphatic carboxylic acids is 1. The molecule has 1 saturated heterocycles. The van der Waals surface area contributed by atoms with Gasteiger partial charge in [-0.2, -0.15) is 0 Å². The molecule has 1 unspecified atom stereocenters. The van der Waals surface area contributed by atoms with Crippen molar-refractivity contribution in [2.24, 2.45) is 5.41 Å². The number of hydrogen-bond acceptors (Lipinski definition) is 3. The molecule has 0 radical (unpaired) electrons. The summed E-state index contributed by atoms with van der Waals surface area (Å²) in [4.78, 5) is 16.4. The Bertz CT molecular complexity index is 429. The van der Waals surface area contributed by atoms with E-state index in [0.29, 0.717) is 6.54 Å². The predicted molar refractivity (Wildman–Crippen MR) is 73.9 cm³/mol. The van der Waals surface area contributed by atoms with Gasteiger partial charge in [-0.05, 0) is 44.9 Å². The van der Waals surface area contributed by atoms with Crippen LogP contribution < -0.4 is 0 Å². The smallest absolute Gasteiger partial charge is 0.310 e. The Kier molecular flexibility index (Phi) is 4.07. The SMILES string of the molecule is CCC1(C(=O)O)CCCN(Cc2ccc(C)s2)C1. The largest absolute Gasteiger partial charge is 0.481 e. The van der Waals surface area contributed by atoms with Crippen LogP contribution in [0.3, 0.4) is 0 Å². The highest BCUT2D eigenvalue weighted by Crippen LogP contribution is 2.34. The molecule has 0 bridgehead atoms. The second-order valence-corrected chi connectivity index (χ2v) is 6.64. The van der Waals surface area contributed by atoms with Crippen LogP contribution in [0, 0.1) is 12.3 Å². The molecule has 0 spiro atoms. The topological polar surface area (TPSA) is 40.5 Å². The second-order valence-electron chi connectivity index (χ2n) is 5.27. The second kappa shape index (κ2) is 5.41. The summed E-state index contributed by atoms with van der Waals surface area (Å²) in [5.74, 6) is -0.628. The predicted octanol–water partition coefficient (Wildman–Crippen LogP) is 3.13. The van der Waals surface area contributed by atoms with E-state index in [1.165, 1.54) is 9.75 Å². The zero-order valence-corrected chi connectivity index (χ0v) is 11.9. The molecule has 1 aliphatic heterocycles. The first-order valence-corrected chi connectivity index (χ1v) is 7.38. The third-order valence-corrected chi connectivity index (χ3v) is 4.95. The van der Waals surface area contributed by atoms with Gasteiger partial charge in [-0.3, -0.25) is 9.69 Å². The average molecular weight is 267 g/mol. The van der Waals surface area contributed by atoms with Gasteiger partial charge < -0.3 is 5.11 Å². The van der Waals surface area contributed by atoms with Crippen LogP contribution in [0.25, 0.3) is 0 Å². The van der Waals surface area contributed by atoms with E-state index >= 15 is 0 Å². The quantitative estimate of drug-likeness (QED) is 0.911. The molecule has 0 aliphatic carbocycles. The summed E-state index contributed by atoms with van der Waals surface area (Å²) in [5, 5.41) is 9.45. The number of piperidine rings is 1. The molecule has 1 aliphatic rings. The van der Waals surface area contributed by atoms with E-state index in [1.54, 1.807) is 0 Å². The molecule has 0 amide bonds. The Hall–Kier alpha value is -0.870. The highest BCUT2D eigenvalue weighted by Gasteiger charge is 2.40. The van der Waals surface area contributed by atoms with Crippen molar-refractivity contribution in [1.29, 1.82) is 0 Å². The Labute approximate surface area is 112 Å². The maximum Gasteiger partial charge on any atom is 0.310 e. The molecule has 18 heavy (non-hydrogen) atoms. The van der Waals surface area contributed by atoms with E-state index in [1.807, 2.05) is 18.3 Å². The lowest BCUT2D eigenvalue weighted by molar-refractivity contribution is -0.153. The number of thiophene rings is 1. The molecule has 1 N–H and O–H groups in total. The lowest BCUT2D eigenvalue weighted by Gasteiger charge is -2.39. The standard InChI is InChI=1S/C14H21NO2S/c1-3-14(13(16)17)7-4-8-15(10-14)9-12-6-5-11(2)18-12/h5-6H,3-4,7-10H2,1-2H3,(H,16,17). The van der Waals surface area contributed by atoms with Crippen molar-refractivity contribution in [3.05, 3.63) is 21.9 Å². The summed E-state index contributed by atoms with van der Waals surface area (Å²) >= 11 is 1.81. The monoisotopic (exact) mass is 267 g/mol. The van der Waals surface area contributed by atoms with Crippen LogP contribution in [0.1, 0.15) is 35.9 Å². The fourth-order valence-electron chi connectivity index (χ4n) is 2.77. The molecule has 0 saturated carbocycles. The summed E-state index contributed by atoms with van der Waals surface area (Å²) in [7, 11) is 0. The molecule has 2 heterocycles. The lowest BCUT2D eigenvalue weighted by Crippen LogP contribution is -2.47. The van der Waals surface area contributed by atoms with Crippen molar-refractivity contribution in [3.63, 3.8) is 0 Å². The number of aryl methyl sites for hydroxylation is 1. The van der Waals surface area contributed by atoms with E-state index in [2.05, 4.69) is 24.0 Å². The fraction of sp³-hybridized carbons (Fsp3) is 0.643. The molecule has 1 aromatic rings. The molecule has 0 aromatic carbocycles. The first kappa shape index (κ1) is 13.6. The van der Waals surface area contributed by atoms with E-state index in [0.717, 1.165) is 32.4 Å². The molecule has 4 heteroatoms.